The third kappa shape index (κ3) is 1.98. The van der Waals surface area contributed by atoms with E-state index < -0.39 is 6.10 Å². The minimum absolute atomic E-state index is 0.00274. The number of phenolic OH excluding ortho intramolecular Hbond substituents is 1. The molecule has 31 heavy (non-hydrogen) atoms. The second-order valence-electron chi connectivity index (χ2n) is 9.93. The number of phenols is 1. The van der Waals surface area contributed by atoms with E-state index in [1.54, 1.807) is 6.07 Å². The van der Waals surface area contributed by atoms with Crippen LogP contribution in [-0.4, -0.2) is 17.0 Å². The molecule has 4 atom stereocenters. The van der Waals surface area contributed by atoms with Crippen molar-refractivity contribution in [2.75, 3.05) is 0 Å². The van der Waals surface area contributed by atoms with Crippen LogP contribution in [0.5, 0.6) is 11.5 Å². The number of ether oxygens (including phenoxy) is 1. The molecule has 4 unspecified atom stereocenters. The summed E-state index contributed by atoms with van der Waals surface area (Å²) in [6.45, 7) is 6.46. The molecule has 3 aromatic rings. The first-order valence-electron chi connectivity index (χ1n) is 10.8. The highest BCUT2D eigenvalue weighted by molar-refractivity contribution is 5.99. The summed E-state index contributed by atoms with van der Waals surface area (Å²) in [5.74, 6) is 0.910. The standard InChI is InChI=1S/C26H24O5/c1-24(2)25(3)23(29)22(16-9-10-26(16,24)25)30-15-11-17(27)21-18(28)13-19(31-20(21)12-15)14-7-5-4-6-8-14/h4-8,11-13,16,22,27H,9-10H2,1-3H3. The fourth-order valence-corrected chi connectivity index (χ4v) is 6.98. The summed E-state index contributed by atoms with van der Waals surface area (Å²) in [5.41, 5.74) is 0.377. The molecule has 1 aromatic heterocycles. The lowest BCUT2D eigenvalue weighted by atomic mass is 9.65. The van der Waals surface area contributed by atoms with Crippen LogP contribution < -0.4 is 10.2 Å². The highest BCUT2D eigenvalue weighted by atomic mass is 16.5. The molecule has 6 rings (SSSR count). The Labute approximate surface area is 179 Å². The van der Waals surface area contributed by atoms with Gasteiger partial charge in [-0.2, -0.15) is 0 Å². The number of hydrogen-bond acceptors (Lipinski definition) is 5. The van der Waals surface area contributed by atoms with Gasteiger partial charge in [0, 0.05) is 35.1 Å². The molecule has 3 aliphatic carbocycles. The molecule has 0 aliphatic heterocycles. The summed E-state index contributed by atoms with van der Waals surface area (Å²) in [4.78, 5) is 26.0. The molecule has 1 N–H and O–H groups in total. The molecule has 0 amide bonds. The number of aromatic hydroxyl groups is 1. The second kappa shape index (κ2) is 5.58. The van der Waals surface area contributed by atoms with Crippen LogP contribution in [0.15, 0.2) is 57.7 Å². The van der Waals surface area contributed by atoms with Crippen molar-refractivity contribution in [3.8, 4) is 22.8 Å². The smallest absolute Gasteiger partial charge is 0.197 e. The van der Waals surface area contributed by atoms with E-state index in [1.165, 1.54) is 12.1 Å². The molecule has 0 radical (unpaired) electrons. The van der Waals surface area contributed by atoms with Gasteiger partial charge in [-0.05, 0) is 23.7 Å². The van der Waals surface area contributed by atoms with E-state index in [1.807, 2.05) is 30.3 Å². The predicted molar refractivity (Wildman–Crippen MR) is 116 cm³/mol. The SMILES string of the molecule is CC1(C)C2(C)C(=O)C(Oc3cc(O)c4c(=O)cc(-c5ccccc5)oc4c3)C3CCC312. The molecule has 1 spiro atoms. The highest BCUT2D eigenvalue weighted by Gasteiger charge is 2.93. The molecule has 3 fully saturated rings. The third-order valence-corrected chi connectivity index (χ3v) is 8.90. The summed E-state index contributed by atoms with van der Waals surface area (Å²) in [7, 11) is 0. The Kier molecular flexibility index (Phi) is 3.36. The number of benzene rings is 2. The van der Waals surface area contributed by atoms with E-state index in [0.717, 1.165) is 18.4 Å². The monoisotopic (exact) mass is 416 g/mol. The number of hydrogen-bond donors (Lipinski definition) is 1. The van der Waals surface area contributed by atoms with Crippen LogP contribution in [0.1, 0.15) is 33.6 Å². The molecular formula is C26H24O5. The van der Waals surface area contributed by atoms with Crippen molar-refractivity contribution in [1.82, 2.24) is 0 Å². The second-order valence-corrected chi connectivity index (χ2v) is 9.93. The number of rotatable bonds is 3. The zero-order chi connectivity index (χ0) is 21.8. The van der Waals surface area contributed by atoms with E-state index in [9.17, 15) is 14.7 Å². The first-order chi connectivity index (χ1) is 14.7. The zero-order valence-electron chi connectivity index (χ0n) is 17.8. The van der Waals surface area contributed by atoms with Crippen LogP contribution in [0.4, 0.5) is 0 Å². The highest BCUT2D eigenvalue weighted by Crippen LogP contribution is 2.91. The van der Waals surface area contributed by atoms with Gasteiger partial charge in [-0.25, -0.2) is 0 Å². The van der Waals surface area contributed by atoms with Crippen molar-refractivity contribution in [1.29, 1.82) is 0 Å². The summed E-state index contributed by atoms with van der Waals surface area (Å²) >= 11 is 0. The predicted octanol–water partition coefficient (Wildman–Crippen LogP) is 4.94. The first-order valence-corrected chi connectivity index (χ1v) is 10.8. The first kappa shape index (κ1) is 18.7. The van der Waals surface area contributed by atoms with Gasteiger partial charge >= 0.3 is 0 Å². The normalized spacial score (nSPS) is 32.3. The van der Waals surface area contributed by atoms with Crippen LogP contribution in [0.25, 0.3) is 22.3 Å². The van der Waals surface area contributed by atoms with Crippen LogP contribution in [-0.2, 0) is 4.79 Å². The maximum Gasteiger partial charge on any atom is 0.197 e. The van der Waals surface area contributed by atoms with Crippen molar-refractivity contribution in [3.63, 3.8) is 0 Å². The van der Waals surface area contributed by atoms with Crippen LogP contribution in [0.3, 0.4) is 0 Å². The lowest BCUT2D eigenvalue weighted by Crippen LogP contribution is -2.43. The van der Waals surface area contributed by atoms with E-state index in [0.29, 0.717) is 11.5 Å². The maximum absolute atomic E-state index is 13.3. The number of Topliss-reactive ketones (excluding diaryl/α,β-unsaturated/α-hetero) is 1. The average molecular weight is 416 g/mol. The van der Waals surface area contributed by atoms with Crippen LogP contribution in [0.2, 0.25) is 0 Å². The Balaban J connectivity index is 1.40. The minimum Gasteiger partial charge on any atom is -0.507 e. The van der Waals surface area contributed by atoms with Gasteiger partial charge in [-0.15, -0.1) is 0 Å². The van der Waals surface area contributed by atoms with Crippen LogP contribution >= 0.6 is 0 Å². The quantitative estimate of drug-likeness (QED) is 0.655. The molecule has 0 bridgehead atoms. The largest absolute Gasteiger partial charge is 0.507 e. The van der Waals surface area contributed by atoms with Crippen molar-refractivity contribution in [2.24, 2.45) is 22.2 Å². The Morgan fingerprint density at radius 3 is 2.45 bits per heavy atom. The van der Waals surface area contributed by atoms with E-state index in [-0.39, 0.29) is 50.1 Å². The van der Waals surface area contributed by atoms with Gasteiger partial charge in [0.1, 0.15) is 28.2 Å². The lowest BCUT2D eigenvalue weighted by molar-refractivity contribution is -0.131. The van der Waals surface area contributed by atoms with Gasteiger partial charge in [-0.3, -0.25) is 9.59 Å². The summed E-state index contributed by atoms with van der Waals surface area (Å²) in [6.07, 6.45) is 1.51. The Morgan fingerprint density at radius 2 is 1.81 bits per heavy atom. The topological polar surface area (TPSA) is 76.7 Å². The number of ketones is 1. The van der Waals surface area contributed by atoms with Gasteiger partial charge in [0.05, 0.1) is 0 Å². The molecule has 2 aromatic carbocycles. The molecule has 3 saturated carbocycles. The number of carbonyl (C=O) groups excluding carboxylic acids is 1. The molecule has 5 heteroatoms. The molecule has 0 saturated heterocycles. The molecular weight excluding hydrogens is 392 g/mol. The van der Waals surface area contributed by atoms with E-state index in [4.69, 9.17) is 9.15 Å². The van der Waals surface area contributed by atoms with Gasteiger partial charge in [0.25, 0.3) is 0 Å². The fraction of sp³-hybridized carbons (Fsp3) is 0.385. The van der Waals surface area contributed by atoms with Gasteiger partial charge in [-0.1, -0.05) is 51.1 Å². The lowest BCUT2D eigenvalue weighted by Gasteiger charge is -2.41. The zero-order valence-corrected chi connectivity index (χ0v) is 17.8. The third-order valence-electron chi connectivity index (χ3n) is 8.90. The minimum atomic E-state index is -0.521. The summed E-state index contributed by atoms with van der Waals surface area (Å²) in [5, 5.41) is 10.6. The van der Waals surface area contributed by atoms with Gasteiger partial charge < -0.3 is 14.3 Å². The van der Waals surface area contributed by atoms with Crippen molar-refractivity contribution >= 4 is 16.8 Å². The van der Waals surface area contributed by atoms with Crippen molar-refractivity contribution in [3.05, 3.63) is 58.8 Å². The molecule has 5 nitrogen and oxygen atoms in total. The van der Waals surface area contributed by atoms with Crippen molar-refractivity contribution < 1.29 is 19.1 Å². The van der Waals surface area contributed by atoms with Crippen molar-refractivity contribution in [2.45, 2.75) is 39.7 Å². The Morgan fingerprint density at radius 1 is 1.06 bits per heavy atom. The molecule has 1 heterocycles. The summed E-state index contributed by atoms with van der Waals surface area (Å²) in [6, 6.07) is 13.7. The Hall–Kier alpha value is -3.08. The van der Waals surface area contributed by atoms with E-state index in [2.05, 4.69) is 20.8 Å². The Bertz CT molecular complexity index is 1320. The molecule has 3 aliphatic rings. The van der Waals surface area contributed by atoms with Gasteiger partial charge in [0.2, 0.25) is 0 Å². The maximum atomic E-state index is 13.3. The number of fused-ring (bicyclic) bond motifs is 1. The van der Waals surface area contributed by atoms with E-state index >= 15 is 0 Å². The van der Waals surface area contributed by atoms with Gasteiger partial charge in [0.15, 0.2) is 17.3 Å². The fourth-order valence-electron chi connectivity index (χ4n) is 6.98. The molecule has 158 valence electrons. The summed E-state index contributed by atoms with van der Waals surface area (Å²) < 4.78 is 12.1. The number of carbonyl (C=O) groups is 1. The average Bonchev–Trinajstić information content (AvgIpc) is 3.10. The van der Waals surface area contributed by atoms with Crippen LogP contribution in [0, 0.1) is 22.2 Å².